The van der Waals surface area contributed by atoms with Crippen molar-refractivity contribution >= 4 is 28.8 Å². The molecule has 1 heterocycles. The number of aliphatic carboxylic acids is 1. The molecule has 0 bridgehead atoms. The van der Waals surface area contributed by atoms with E-state index in [0.29, 0.717) is 16.6 Å². The Morgan fingerprint density at radius 2 is 2.29 bits per heavy atom. The lowest BCUT2D eigenvalue weighted by molar-refractivity contribution is -0.133. The molecule has 1 N–H and O–H groups in total. The Kier molecular flexibility index (Phi) is 4.86. The van der Waals surface area contributed by atoms with Crippen LogP contribution in [0.2, 0.25) is 0 Å². The second kappa shape index (κ2) is 6.64. The van der Waals surface area contributed by atoms with Gasteiger partial charge in [0.05, 0.1) is 28.4 Å². The Bertz CT molecular complexity index is 701. The van der Waals surface area contributed by atoms with Gasteiger partial charge in [0.25, 0.3) is 0 Å². The standard InChI is InChI=1S/C15H17N3O2S/c1-10(2)5-6-18-13-7-11(8-16)3-4-12(13)17-15(18)21-9-14(19)20/h3-4,7,10H,5-6,9H2,1-2H3,(H,19,20). The fraction of sp³-hybridized carbons (Fsp3) is 0.400. The molecule has 0 aliphatic heterocycles. The summed E-state index contributed by atoms with van der Waals surface area (Å²) in [7, 11) is 0. The molecule has 21 heavy (non-hydrogen) atoms. The van der Waals surface area contributed by atoms with E-state index in [-0.39, 0.29) is 5.75 Å². The Labute approximate surface area is 127 Å². The first-order valence-electron chi connectivity index (χ1n) is 6.76. The van der Waals surface area contributed by atoms with Crippen LogP contribution in [0.4, 0.5) is 0 Å². The number of rotatable bonds is 6. The highest BCUT2D eigenvalue weighted by atomic mass is 32.2. The zero-order chi connectivity index (χ0) is 15.4. The third kappa shape index (κ3) is 3.76. The minimum absolute atomic E-state index is 0.0178. The topological polar surface area (TPSA) is 78.9 Å². The van der Waals surface area contributed by atoms with E-state index < -0.39 is 5.97 Å². The number of nitriles is 1. The Balaban J connectivity index is 2.42. The molecule has 0 fully saturated rings. The molecule has 0 aliphatic carbocycles. The molecule has 0 aliphatic rings. The van der Waals surface area contributed by atoms with Gasteiger partial charge in [0, 0.05) is 6.54 Å². The first-order chi connectivity index (χ1) is 10.0. The lowest BCUT2D eigenvalue weighted by Crippen LogP contribution is -2.05. The van der Waals surface area contributed by atoms with E-state index in [9.17, 15) is 4.79 Å². The van der Waals surface area contributed by atoms with Crippen molar-refractivity contribution in [2.45, 2.75) is 32.0 Å². The summed E-state index contributed by atoms with van der Waals surface area (Å²) < 4.78 is 2.02. The normalized spacial score (nSPS) is 11.0. The van der Waals surface area contributed by atoms with Gasteiger partial charge >= 0.3 is 5.97 Å². The summed E-state index contributed by atoms with van der Waals surface area (Å²) in [6.45, 7) is 5.05. The highest BCUT2D eigenvalue weighted by Gasteiger charge is 2.13. The summed E-state index contributed by atoms with van der Waals surface area (Å²) in [4.78, 5) is 15.3. The highest BCUT2D eigenvalue weighted by Crippen LogP contribution is 2.26. The number of carbonyl (C=O) groups is 1. The van der Waals surface area contributed by atoms with Crippen LogP contribution in [-0.4, -0.2) is 26.4 Å². The predicted molar refractivity (Wildman–Crippen MR) is 82.3 cm³/mol. The van der Waals surface area contributed by atoms with Gasteiger partial charge in [-0.05, 0) is 30.5 Å². The SMILES string of the molecule is CC(C)CCn1c(SCC(=O)O)nc2ccc(C#N)cc21. The number of carboxylic acids is 1. The van der Waals surface area contributed by atoms with E-state index in [4.69, 9.17) is 10.4 Å². The molecule has 0 saturated carbocycles. The minimum atomic E-state index is -0.861. The van der Waals surface area contributed by atoms with E-state index in [1.807, 2.05) is 16.7 Å². The molecule has 1 aromatic carbocycles. The van der Waals surface area contributed by atoms with Crippen molar-refractivity contribution in [2.75, 3.05) is 5.75 Å². The quantitative estimate of drug-likeness (QED) is 0.829. The second-order valence-corrected chi connectivity index (χ2v) is 6.17. The smallest absolute Gasteiger partial charge is 0.313 e. The van der Waals surface area contributed by atoms with Gasteiger partial charge in [-0.25, -0.2) is 4.98 Å². The molecule has 1 aromatic heterocycles. The average molecular weight is 303 g/mol. The van der Waals surface area contributed by atoms with Crippen molar-refractivity contribution in [3.63, 3.8) is 0 Å². The fourth-order valence-electron chi connectivity index (χ4n) is 2.01. The van der Waals surface area contributed by atoms with Crippen LogP contribution < -0.4 is 0 Å². The van der Waals surface area contributed by atoms with Crippen LogP contribution in [0.3, 0.4) is 0 Å². The van der Waals surface area contributed by atoms with E-state index >= 15 is 0 Å². The van der Waals surface area contributed by atoms with E-state index in [1.54, 1.807) is 6.07 Å². The summed E-state index contributed by atoms with van der Waals surface area (Å²) in [5.41, 5.74) is 2.27. The van der Waals surface area contributed by atoms with Gasteiger partial charge in [-0.3, -0.25) is 4.79 Å². The lowest BCUT2D eigenvalue weighted by atomic mass is 10.1. The molecule has 5 nitrogen and oxygen atoms in total. The Hall–Kier alpha value is -2.00. The molecule has 2 rings (SSSR count). The number of fused-ring (bicyclic) bond motifs is 1. The number of nitrogens with zero attached hydrogens (tertiary/aromatic N) is 3. The van der Waals surface area contributed by atoms with Crippen molar-refractivity contribution in [2.24, 2.45) is 5.92 Å². The maximum atomic E-state index is 10.8. The average Bonchev–Trinajstić information content (AvgIpc) is 2.79. The first kappa shape index (κ1) is 15.4. The van der Waals surface area contributed by atoms with E-state index in [0.717, 1.165) is 24.0 Å². The van der Waals surface area contributed by atoms with Crippen molar-refractivity contribution in [1.82, 2.24) is 9.55 Å². The van der Waals surface area contributed by atoms with Gasteiger partial charge in [-0.2, -0.15) is 5.26 Å². The molecule has 0 atom stereocenters. The predicted octanol–water partition coefficient (Wildman–Crippen LogP) is 3.13. The minimum Gasteiger partial charge on any atom is -0.481 e. The van der Waals surface area contributed by atoms with Gasteiger partial charge in [0.2, 0.25) is 0 Å². The summed E-state index contributed by atoms with van der Waals surface area (Å²) in [6.07, 6.45) is 0.975. The van der Waals surface area contributed by atoms with Gasteiger partial charge in [0.1, 0.15) is 0 Å². The van der Waals surface area contributed by atoms with Crippen molar-refractivity contribution in [3.8, 4) is 6.07 Å². The third-order valence-electron chi connectivity index (χ3n) is 3.10. The number of hydrogen-bond donors (Lipinski definition) is 1. The highest BCUT2D eigenvalue weighted by molar-refractivity contribution is 7.99. The van der Waals surface area contributed by atoms with Crippen LogP contribution in [0.15, 0.2) is 23.4 Å². The zero-order valence-electron chi connectivity index (χ0n) is 12.0. The number of thioether (sulfide) groups is 1. The lowest BCUT2D eigenvalue weighted by Gasteiger charge is -2.10. The van der Waals surface area contributed by atoms with Crippen molar-refractivity contribution in [3.05, 3.63) is 23.8 Å². The largest absolute Gasteiger partial charge is 0.481 e. The Morgan fingerprint density at radius 3 is 2.90 bits per heavy atom. The monoisotopic (exact) mass is 303 g/mol. The molecule has 0 saturated heterocycles. The molecular formula is C15H17N3O2S. The number of imidazole rings is 1. The molecule has 0 spiro atoms. The fourth-order valence-corrected chi connectivity index (χ4v) is 2.77. The number of carboxylic acid groups (broad SMARTS) is 1. The zero-order valence-corrected chi connectivity index (χ0v) is 12.9. The number of hydrogen-bond acceptors (Lipinski definition) is 4. The van der Waals surface area contributed by atoms with E-state index in [1.165, 1.54) is 11.8 Å². The molecule has 6 heteroatoms. The molecule has 0 unspecified atom stereocenters. The van der Waals surface area contributed by atoms with Crippen molar-refractivity contribution < 1.29 is 9.90 Å². The van der Waals surface area contributed by atoms with Crippen LogP contribution in [-0.2, 0) is 11.3 Å². The number of aryl methyl sites for hydroxylation is 1. The van der Waals surface area contributed by atoms with Gasteiger partial charge in [0.15, 0.2) is 5.16 Å². The maximum Gasteiger partial charge on any atom is 0.313 e. The van der Waals surface area contributed by atoms with Gasteiger partial charge in [-0.1, -0.05) is 25.6 Å². The number of aromatic nitrogens is 2. The van der Waals surface area contributed by atoms with Crippen molar-refractivity contribution in [1.29, 1.82) is 5.26 Å². The summed E-state index contributed by atoms with van der Waals surface area (Å²) in [5.74, 6) is -0.338. The second-order valence-electron chi connectivity index (χ2n) is 5.23. The number of benzene rings is 1. The Morgan fingerprint density at radius 1 is 1.52 bits per heavy atom. The first-order valence-corrected chi connectivity index (χ1v) is 7.74. The molecule has 0 radical (unpaired) electrons. The summed E-state index contributed by atoms with van der Waals surface area (Å²) >= 11 is 1.22. The van der Waals surface area contributed by atoms with Gasteiger partial charge in [-0.15, -0.1) is 0 Å². The van der Waals surface area contributed by atoms with Crippen LogP contribution in [0.5, 0.6) is 0 Å². The van der Waals surface area contributed by atoms with Crippen LogP contribution in [0, 0.1) is 17.2 Å². The molecule has 0 amide bonds. The molecule has 110 valence electrons. The third-order valence-corrected chi connectivity index (χ3v) is 4.06. The van der Waals surface area contributed by atoms with Crippen LogP contribution in [0.25, 0.3) is 11.0 Å². The van der Waals surface area contributed by atoms with Gasteiger partial charge < -0.3 is 9.67 Å². The summed E-state index contributed by atoms with van der Waals surface area (Å²) in [6, 6.07) is 7.48. The molecule has 2 aromatic rings. The van der Waals surface area contributed by atoms with Crippen LogP contribution in [0.1, 0.15) is 25.8 Å². The maximum absolute atomic E-state index is 10.8. The van der Waals surface area contributed by atoms with Crippen LogP contribution >= 0.6 is 11.8 Å². The molecular weight excluding hydrogens is 286 g/mol. The summed E-state index contributed by atoms with van der Waals surface area (Å²) in [5, 5.41) is 18.6. The van der Waals surface area contributed by atoms with E-state index in [2.05, 4.69) is 24.9 Å².